The monoisotopic (exact) mass is 186 g/mol. The SMILES string of the molecule is CC(=CN(C)C)C(=O)NCC(C)O. The highest BCUT2D eigenvalue weighted by molar-refractivity contribution is 5.92. The van der Waals surface area contributed by atoms with E-state index in [1.807, 2.05) is 14.1 Å². The Morgan fingerprint density at radius 3 is 2.54 bits per heavy atom. The van der Waals surface area contributed by atoms with Crippen molar-refractivity contribution in [1.29, 1.82) is 0 Å². The number of carbonyl (C=O) groups excluding carboxylic acids is 1. The molecule has 1 unspecified atom stereocenters. The van der Waals surface area contributed by atoms with Crippen LogP contribution in [-0.2, 0) is 4.79 Å². The summed E-state index contributed by atoms with van der Waals surface area (Å²) in [5.74, 6) is -0.144. The molecule has 2 N–H and O–H groups in total. The minimum absolute atomic E-state index is 0.144. The number of aliphatic hydroxyl groups excluding tert-OH is 1. The summed E-state index contributed by atoms with van der Waals surface area (Å²) < 4.78 is 0. The Balaban J connectivity index is 3.97. The van der Waals surface area contributed by atoms with Crippen molar-refractivity contribution in [3.8, 4) is 0 Å². The zero-order chi connectivity index (χ0) is 10.4. The third-order valence-electron chi connectivity index (χ3n) is 1.37. The first-order chi connectivity index (χ1) is 5.93. The predicted molar refractivity (Wildman–Crippen MR) is 52.1 cm³/mol. The fourth-order valence-corrected chi connectivity index (χ4v) is 0.826. The molecule has 1 atom stereocenters. The molecular formula is C9H18N2O2. The van der Waals surface area contributed by atoms with Crippen molar-refractivity contribution in [2.24, 2.45) is 0 Å². The van der Waals surface area contributed by atoms with E-state index in [9.17, 15) is 4.79 Å². The van der Waals surface area contributed by atoms with Gasteiger partial charge in [0.2, 0.25) is 5.91 Å². The van der Waals surface area contributed by atoms with Crippen LogP contribution in [0, 0.1) is 0 Å². The van der Waals surface area contributed by atoms with Gasteiger partial charge in [-0.05, 0) is 13.8 Å². The van der Waals surface area contributed by atoms with Crippen LogP contribution in [0.25, 0.3) is 0 Å². The fourth-order valence-electron chi connectivity index (χ4n) is 0.826. The highest BCUT2D eigenvalue weighted by atomic mass is 16.3. The first kappa shape index (κ1) is 12.0. The number of nitrogens with zero attached hydrogens (tertiary/aromatic N) is 1. The van der Waals surface area contributed by atoms with Gasteiger partial charge in [0.05, 0.1) is 6.10 Å². The number of nitrogens with one attached hydrogen (secondary N) is 1. The molecule has 0 saturated heterocycles. The van der Waals surface area contributed by atoms with E-state index in [1.54, 1.807) is 24.9 Å². The van der Waals surface area contributed by atoms with Gasteiger partial charge in [-0.15, -0.1) is 0 Å². The van der Waals surface area contributed by atoms with Gasteiger partial charge in [-0.1, -0.05) is 0 Å². The van der Waals surface area contributed by atoms with E-state index in [-0.39, 0.29) is 12.5 Å². The third kappa shape index (κ3) is 6.16. The average Bonchev–Trinajstić information content (AvgIpc) is 1.98. The molecule has 0 bridgehead atoms. The summed E-state index contributed by atoms with van der Waals surface area (Å²) in [6.45, 7) is 3.65. The van der Waals surface area contributed by atoms with Crippen molar-refractivity contribution in [3.63, 3.8) is 0 Å². The summed E-state index contributed by atoms with van der Waals surface area (Å²) in [6, 6.07) is 0. The summed E-state index contributed by atoms with van der Waals surface area (Å²) in [5.41, 5.74) is 0.630. The lowest BCUT2D eigenvalue weighted by molar-refractivity contribution is -0.117. The van der Waals surface area contributed by atoms with Gasteiger partial charge >= 0.3 is 0 Å². The van der Waals surface area contributed by atoms with Crippen LogP contribution in [0.15, 0.2) is 11.8 Å². The maximum atomic E-state index is 11.3. The molecule has 4 heteroatoms. The van der Waals surface area contributed by atoms with E-state index in [2.05, 4.69) is 5.32 Å². The second-order valence-electron chi connectivity index (χ2n) is 3.33. The van der Waals surface area contributed by atoms with Crippen LogP contribution in [0.1, 0.15) is 13.8 Å². The third-order valence-corrected chi connectivity index (χ3v) is 1.37. The topological polar surface area (TPSA) is 52.6 Å². The van der Waals surface area contributed by atoms with Gasteiger partial charge in [0.25, 0.3) is 0 Å². The van der Waals surface area contributed by atoms with Crippen LogP contribution in [0.3, 0.4) is 0 Å². The molecule has 0 spiro atoms. The van der Waals surface area contributed by atoms with Crippen molar-refractivity contribution < 1.29 is 9.90 Å². The van der Waals surface area contributed by atoms with Crippen molar-refractivity contribution >= 4 is 5.91 Å². The molecule has 1 amide bonds. The molecule has 0 aliphatic carbocycles. The van der Waals surface area contributed by atoms with Gasteiger partial charge in [0.15, 0.2) is 0 Å². The van der Waals surface area contributed by atoms with E-state index in [0.29, 0.717) is 5.57 Å². The second kappa shape index (κ2) is 5.59. The molecule has 4 nitrogen and oxygen atoms in total. The second-order valence-corrected chi connectivity index (χ2v) is 3.33. The first-order valence-corrected chi connectivity index (χ1v) is 4.24. The summed E-state index contributed by atoms with van der Waals surface area (Å²) in [5, 5.41) is 11.5. The van der Waals surface area contributed by atoms with Crippen LogP contribution in [0.2, 0.25) is 0 Å². The van der Waals surface area contributed by atoms with Crippen LogP contribution < -0.4 is 5.32 Å². The smallest absolute Gasteiger partial charge is 0.248 e. The largest absolute Gasteiger partial charge is 0.392 e. The average molecular weight is 186 g/mol. The van der Waals surface area contributed by atoms with Crippen LogP contribution in [-0.4, -0.2) is 42.7 Å². The molecule has 0 radical (unpaired) electrons. The van der Waals surface area contributed by atoms with E-state index < -0.39 is 6.10 Å². The molecule has 0 heterocycles. The van der Waals surface area contributed by atoms with Gasteiger partial charge in [-0.3, -0.25) is 4.79 Å². The molecule has 76 valence electrons. The van der Waals surface area contributed by atoms with Crippen LogP contribution in [0.4, 0.5) is 0 Å². The number of aliphatic hydroxyl groups is 1. The van der Waals surface area contributed by atoms with Crippen molar-refractivity contribution in [2.75, 3.05) is 20.6 Å². The maximum Gasteiger partial charge on any atom is 0.248 e. The zero-order valence-electron chi connectivity index (χ0n) is 8.66. The summed E-state index contributed by atoms with van der Waals surface area (Å²) >= 11 is 0. The summed E-state index contributed by atoms with van der Waals surface area (Å²) in [6.07, 6.45) is 1.23. The van der Waals surface area contributed by atoms with E-state index in [1.165, 1.54) is 0 Å². The van der Waals surface area contributed by atoms with Gasteiger partial charge < -0.3 is 15.3 Å². The standard InChI is InChI=1S/C9H18N2O2/c1-7(6-11(3)4)9(13)10-5-8(2)12/h6,8,12H,5H2,1-4H3,(H,10,13). The lowest BCUT2D eigenvalue weighted by Crippen LogP contribution is -2.31. The fraction of sp³-hybridized carbons (Fsp3) is 0.667. The molecule has 0 aromatic heterocycles. The molecular weight excluding hydrogens is 168 g/mol. The molecule has 0 fully saturated rings. The Hall–Kier alpha value is -1.03. The van der Waals surface area contributed by atoms with E-state index in [0.717, 1.165) is 0 Å². The van der Waals surface area contributed by atoms with Gasteiger partial charge in [0, 0.05) is 32.4 Å². The molecule has 0 rings (SSSR count). The lowest BCUT2D eigenvalue weighted by Gasteiger charge is -2.09. The molecule has 0 aromatic carbocycles. The quantitative estimate of drug-likeness (QED) is 0.605. The first-order valence-electron chi connectivity index (χ1n) is 4.24. The Morgan fingerprint density at radius 2 is 2.15 bits per heavy atom. The highest BCUT2D eigenvalue weighted by Gasteiger charge is 2.04. The Labute approximate surface area is 79.2 Å². The number of hydrogen-bond acceptors (Lipinski definition) is 3. The molecule has 0 aliphatic rings. The summed E-state index contributed by atoms with van der Waals surface area (Å²) in [4.78, 5) is 13.1. The molecule has 0 aliphatic heterocycles. The number of rotatable bonds is 4. The predicted octanol–water partition coefficient (Wildman–Crippen LogP) is -0.0512. The van der Waals surface area contributed by atoms with E-state index >= 15 is 0 Å². The number of carbonyl (C=O) groups is 1. The van der Waals surface area contributed by atoms with E-state index in [4.69, 9.17) is 5.11 Å². The Kier molecular flexibility index (Phi) is 5.14. The van der Waals surface area contributed by atoms with Crippen LogP contribution >= 0.6 is 0 Å². The van der Waals surface area contributed by atoms with Gasteiger partial charge in [0.1, 0.15) is 0 Å². The maximum absolute atomic E-state index is 11.3. The minimum atomic E-state index is -0.504. The normalized spacial score (nSPS) is 13.8. The lowest BCUT2D eigenvalue weighted by atomic mass is 10.3. The van der Waals surface area contributed by atoms with Crippen molar-refractivity contribution in [1.82, 2.24) is 10.2 Å². The minimum Gasteiger partial charge on any atom is -0.392 e. The molecule has 0 saturated carbocycles. The van der Waals surface area contributed by atoms with Crippen molar-refractivity contribution in [3.05, 3.63) is 11.8 Å². The number of hydrogen-bond donors (Lipinski definition) is 2. The Morgan fingerprint density at radius 1 is 1.62 bits per heavy atom. The zero-order valence-corrected chi connectivity index (χ0v) is 8.66. The van der Waals surface area contributed by atoms with Crippen LogP contribution in [0.5, 0.6) is 0 Å². The van der Waals surface area contributed by atoms with Gasteiger partial charge in [-0.2, -0.15) is 0 Å². The Bertz CT molecular complexity index is 198. The summed E-state index contributed by atoms with van der Waals surface area (Å²) in [7, 11) is 3.71. The van der Waals surface area contributed by atoms with Crippen molar-refractivity contribution in [2.45, 2.75) is 20.0 Å². The highest BCUT2D eigenvalue weighted by Crippen LogP contribution is 1.93. The van der Waals surface area contributed by atoms with Gasteiger partial charge in [-0.25, -0.2) is 0 Å². The number of amides is 1. The molecule has 0 aromatic rings. The molecule has 13 heavy (non-hydrogen) atoms.